The Labute approximate surface area is 226 Å². The summed E-state index contributed by atoms with van der Waals surface area (Å²) in [7, 11) is 1.52. The first-order valence-corrected chi connectivity index (χ1v) is 13.8. The average Bonchev–Trinajstić information content (AvgIpc) is 2.84. The summed E-state index contributed by atoms with van der Waals surface area (Å²) in [4.78, 5) is 23.9. The molecule has 2 N–H and O–H groups in total. The van der Waals surface area contributed by atoms with Gasteiger partial charge in [-0.2, -0.15) is 0 Å². The van der Waals surface area contributed by atoms with E-state index in [1.807, 2.05) is 18.2 Å². The summed E-state index contributed by atoms with van der Waals surface area (Å²) in [5.74, 6) is 0.259. The maximum absolute atomic E-state index is 12.0. The number of aromatic hydroxyl groups is 2. The number of ether oxygens (including phenoxy) is 3. The minimum Gasteiger partial charge on any atom is -0.508 e. The first-order valence-electron chi connectivity index (χ1n) is 13.8. The number of aryl methyl sites for hydroxylation is 1. The lowest BCUT2D eigenvalue weighted by molar-refractivity contribution is -0.156. The molecular weight excluding hydrogens is 484 g/mol. The first-order chi connectivity index (χ1) is 18.2. The van der Waals surface area contributed by atoms with Crippen LogP contribution in [0, 0.1) is 5.92 Å². The Morgan fingerprint density at radius 2 is 1.53 bits per heavy atom. The Morgan fingerprint density at radius 3 is 2.13 bits per heavy atom. The molecule has 7 nitrogen and oxygen atoms in total. The summed E-state index contributed by atoms with van der Waals surface area (Å²) in [6.45, 7) is 2.85. The molecule has 0 aliphatic heterocycles. The predicted molar refractivity (Wildman–Crippen MR) is 145 cm³/mol. The van der Waals surface area contributed by atoms with Gasteiger partial charge in [-0.25, -0.2) is 0 Å². The zero-order chi connectivity index (χ0) is 27.5. The van der Waals surface area contributed by atoms with Crippen LogP contribution in [0.15, 0.2) is 36.4 Å². The summed E-state index contributed by atoms with van der Waals surface area (Å²) in [6, 6.07) is 10.6. The van der Waals surface area contributed by atoms with Crippen molar-refractivity contribution in [1.29, 1.82) is 0 Å². The molecule has 1 aliphatic rings. The summed E-state index contributed by atoms with van der Waals surface area (Å²) >= 11 is 0. The standard InChI is InChI=1S/C31H42O7/c1-21(32)37-28(20-29(38-22(2)33)25-9-7-5-4-6-8-10-25)16-13-24-18-26(31(35)30(19-24)36-3)17-23-11-14-27(34)15-12-23/h11-12,14-15,18-19,25,28-29,34-35H,4-10,13,16-17,20H2,1-3H3/t28-,29-/m1/s1. The van der Waals surface area contributed by atoms with Gasteiger partial charge in [-0.15, -0.1) is 0 Å². The Hall–Kier alpha value is -3.22. The average molecular weight is 527 g/mol. The molecule has 0 saturated heterocycles. The van der Waals surface area contributed by atoms with Crippen molar-refractivity contribution in [3.63, 3.8) is 0 Å². The second-order valence-corrected chi connectivity index (χ2v) is 10.4. The van der Waals surface area contributed by atoms with Gasteiger partial charge in [-0.05, 0) is 60.9 Å². The maximum atomic E-state index is 12.0. The fourth-order valence-electron chi connectivity index (χ4n) is 5.45. The number of benzene rings is 2. The SMILES string of the molecule is COc1cc(CC[C@H](C[C@@H](OC(C)=O)C2CCCCCCC2)OC(C)=O)cc(Cc2ccc(O)cc2)c1O. The van der Waals surface area contributed by atoms with Gasteiger partial charge in [0, 0.05) is 32.3 Å². The smallest absolute Gasteiger partial charge is 0.302 e. The zero-order valence-electron chi connectivity index (χ0n) is 22.9. The molecule has 2 aromatic carbocycles. The van der Waals surface area contributed by atoms with E-state index in [-0.39, 0.29) is 35.5 Å². The topological polar surface area (TPSA) is 102 Å². The van der Waals surface area contributed by atoms with Gasteiger partial charge in [-0.1, -0.05) is 50.3 Å². The summed E-state index contributed by atoms with van der Waals surface area (Å²) < 4.78 is 16.9. The minimum absolute atomic E-state index is 0.0834. The van der Waals surface area contributed by atoms with Crippen molar-refractivity contribution >= 4 is 11.9 Å². The molecule has 0 heterocycles. The zero-order valence-corrected chi connectivity index (χ0v) is 22.9. The van der Waals surface area contributed by atoms with Crippen molar-refractivity contribution in [2.45, 2.75) is 96.7 Å². The second-order valence-electron chi connectivity index (χ2n) is 10.4. The van der Waals surface area contributed by atoms with Crippen molar-refractivity contribution in [2.75, 3.05) is 7.11 Å². The van der Waals surface area contributed by atoms with E-state index >= 15 is 0 Å². The molecule has 0 amide bonds. The molecule has 3 rings (SSSR count). The minimum atomic E-state index is -0.400. The van der Waals surface area contributed by atoms with Crippen LogP contribution in [-0.4, -0.2) is 41.5 Å². The number of hydrogen-bond acceptors (Lipinski definition) is 7. The quantitative estimate of drug-likeness (QED) is 0.334. The molecule has 0 aromatic heterocycles. The van der Waals surface area contributed by atoms with Crippen molar-refractivity contribution < 1.29 is 34.0 Å². The highest BCUT2D eigenvalue weighted by Gasteiger charge is 2.29. The number of phenolic OH excluding ortho intramolecular Hbond substituents is 2. The van der Waals surface area contributed by atoms with Gasteiger partial charge >= 0.3 is 11.9 Å². The molecule has 0 spiro atoms. The monoisotopic (exact) mass is 526 g/mol. The van der Waals surface area contributed by atoms with Crippen LogP contribution in [0.4, 0.5) is 0 Å². The highest BCUT2D eigenvalue weighted by molar-refractivity contribution is 5.66. The van der Waals surface area contributed by atoms with E-state index in [0.29, 0.717) is 37.0 Å². The van der Waals surface area contributed by atoms with Gasteiger partial charge in [0.2, 0.25) is 0 Å². The molecule has 1 saturated carbocycles. The lowest BCUT2D eigenvalue weighted by Crippen LogP contribution is -2.33. The van der Waals surface area contributed by atoms with E-state index in [1.165, 1.54) is 40.2 Å². The van der Waals surface area contributed by atoms with Gasteiger partial charge in [0.15, 0.2) is 11.5 Å². The Bertz CT molecular complexity index is 1040. The molecule has 2 aromatic rings. The van der Waals surface area contributed by atoms with E-state index in [2.05, 4.69) is 0 Å². The Kier molecular flexibility index (Phi) is 11.3. The maximum Gasteiger partial charge on any atom is 0.302 e. The lowest BCUT2D eigenvalue weighted by Gasteiger charge is -2.31. The Balaban J connectivity index is 1.76. The van der Waals surface area contributed by atoms with E-state index < -0.39 is 6.10 Å². The molecular formula is C31H42O7. The number of rotatable bonds is 11. The molecule has 38 heavy (non-hydrogen) atoms. The van der Waals surface area contributed by atoms with E-state index in [0.717, 1.165) is 36.8 Å². The third-order valence-corrected chi connectivity index (χ3v) is 7.34. The number of carbonyl (C=O) groups is 2. The van der Waals surface area contributed by atoms with Crippen molar-refractivity contribution in [1.82, 2.24) is 0 Å². The highest BCUT2D eigenvalue weighted by atomic mass is 16.6. The third-order valence-electron chi connectivity index (χ3n) is 7.34. The van der Waals surface area contributed by atoms with Crippen molar-refractivity contribution in [2.24, 2.45) is 5.92 Å². The molecule has 0 bridgehead atoms. The van der Waals surface area contributed by atoms with Crippen LogP contribution >= 0.6 is 0 Å². The lowest BCUT2D eigenvalue weighted by atomic mass is 9.84. The van der Waals surface area contributed by atoms with Gasteiger partial charge in [-0.3, -0.25) is 9.59 Å². The number of hydrogen-bond donors (Lipinski definition) is 2. The summed E-state index contributed by atoms with van der Waals surface area (Å²) in [5, 5.41) is 20.3. The first kappa shape index (κ1) is 29.3. The van der Waals surface area contributed by atoms with Crippen molar-refractivity contribution in [3.8, 4) is 17.2 Å². The Morgan fingerprint density at radius 1 is 0.895 bits per heavy atom. The third kappa shape index (κ3) is 9.26. The fraction of sp³-hybridized carbons (Fsp3) is 0.548. The fourth-order valence-corrected chi connectivity index (χ4v) is 5.45. The summed E-state index contributed by atoms with van der Waals surface area (Å²) in [6.07, 6.45) is 9.34. The van der Waals surface area contributed by atoms with E-state index in [1.54, 1.807) is 18.2 Å². The number of methoxy groups -OCH3 is 1. The number of carbonyl (C=O) groups excluding carboxylic acids is 2. The molecule has 2 atom stereocenters. The van der Waals surface area contributed by atoms with Gasteiger partial charge in [0.05, 0.1) is 7.11 Å². The number of esters is 2. The van der Waals surface area contributed by atoms with Crippen LogP contribution in [0.25, 0.3) is 0 Å². The summed E-state index contributed by atoms with van der Waals surface area (Å²) in [5.41, 5.74) is 2.60. The second kappa shape index (κ2) is 14.6. The normalized spacial score (nSPS) is 16.1. The van der Waals surface area contributed by atoms with Crippen LogP contribution < -0.4 is 4.74 Å². The molecule has 0 radical (unpaired) electrons. The molecule has 7 heteroatoms. The van der Waals surface area contributed by atoms with Gasteiger partial charge in [0.25, 0.3) is 0 Å². The van der Waals surface area contributed by atoms with Gasteiger partial charge < -0.3 is 24.4 Å². The highest BCUT2D eigenvalue weighted by Crippen LogP contribution is 2.35. The van der Waals surface area contributed by atoms with E-state index in [4.69, 9.17) is 14.2 Å². The molecule has 1 fully saturated rings. The molecule has 0 unspecified atom stereocenters. The molecule has 1 aliphatic carbocycles. The van der Waals surface area contributed by atoms with E-state index in [9.17, 15) is 19.8 Å². The van der Waals surface area contributed by atoms with Crippen LogP contribution in [0.3, 0.4) is 0 Å². The number of phenols is 2. The van der Waals surface area contributed by atoms with Crippen LogP contribution in [-0.2, 0) is 31.9 Å². The van der Waals surface area contributed by atoms with Gasteiger partial charge in [0.1, 0.15) is 18.0 Å². The van der Waals surface area contributed by atoms with Crippen molar-refractivity contribution in [3.05, 3.63) is 53.1 Å². The molecule has 208 valence electrons. The van der Waals surface area contributed by atoms with Crippen LogP contribution in [0.5, 0.6) is 17.2 Å². The van der Waals surface area contributed by atoms with Crippen LogP contribution in [0.1, 0.15) is 88.3 Å². The van der Waals surface area contributed by atoms with Crippen LogP contribution in [0.2, 0.25) is 0 Å². The predicted octanol–water partition coefficient (Wildman–Crippen LogP) is 6.24. The largest absolute Gasteiger partial charge is 0.508 e.